The van der Waals surface area contributed by atoms with Gasteiger partial charge in [-0.15, -0.1) is 0 Å². The molecule has 3 nitrogen and oxygen atoms in total. The van der Waals surface area contributed by atoms with Gasteiger partial charge in [0.15, 0.2) is 6.04 Å². The highest BCUT2D eigenvalue weighted by atomic mass is 19.1. The zero-order chi connectivity index (χ0) is 18.4. The van der Waals surface area contributed by atoms with E-state index in [1.54, 1.807) is 12.1 Å². The first-order valence-electron chi connectivity index (χ1n) is 8.62. The van der Waals surface area contributed by atoms with E-state index in [9.17, 15) is 9.18 Å². The lowest BCUT2D eigenvalue weighted by molar-refractivity contribution is -0.697. The van der Waals surface area contributed by atoms with E-state index in [1.165, 1.54) is 17.7 Å². The molecule has 0 heterocycles. The molecule has 132 valence electrons. The minimum absolute atomic E-state index is 0.130. The van der Waals surface area contributed by atoms with Crippen LogP contribution in [0.15, 0.2) is 78.9 Å². The van der Waals surface area contributed by atoms with Gasteiger partial charge in [0.05, 0.1) is 0 Å². The topological polar surface area (TPSA) is 45.7 Å². The molecule has 4 heteroatoms. The number of benzene rings is 3. The maximum atomic E-state index is 13.1. The summed E-state index contributed by atoms with van der Waals surface area (Å²) in [5, 5.41) is 4.89. The van der Waals surface area contributed by atoms with E-state index in [2.05, 4.69) is 36.5 Å². The molecule has 0 aliphatic rings. The molecular formula is C22H22FN2O+. The van der Waals surface area contributed by atoms with Crippen molar-refractivity contribution in [3.63, 3.8) is 0 Å². The third kappa shape index (κ3) is 4.77. The Kier molecular flexibility index (Phi) is 5.77. The molecule has 0 fully saturated rings. The summed E-state index contributed by atoms with van der Waals surface area (Å²) in [4.78, 5) is 12.8. The van der Waals surface area contributed by atoms with E-state index in [0.29, 0.717) is 12.2 Å². The maximum Gasteiger partial charge on any atom is 0.287 e. The number of carbonyl (C=O) groups excluding carboxylic acids is 1. The van der Waals surface area contributed by atoms with E-state index in [1.807, 2.05) is 35.6 Å². The highest BCUT2D eigenvalue weighted by molar-refractivity contribution is 5.94. The van der Waals surface area contributed by atoms with Crippen molar-refractivity contribution < 1.29 is 14.5 Å². The molecule has 26 heavy (non-hydrogen) atoms. The fraction of sp³-hybridized carbons (Fsp3) is 0.136. The van der Waals surface area contributed by atoms with Crippen LogP contribution in [0.3, 0.4) is 0 Å². The van der Waals surface area contributed by atoms with E-state index in [4.69, 9.17) is 0 Å². The smallest absolute Gasteiger partial charge is 0.287 e. The molecule has 0 unspecified atom stereocenters. The zero-order valence-electron chi connectivity index (χ0n) is 14.7. The molecule has 3 aromatic carbocycles. The summed E-state index contributed by atoms with van der Waals surface area (Å²) >= 11 is 0. The third-order valence-electron chi connectivity index (χ3n) is 4.26. The third-order valence-corrected chi connectivity index (χ3v) is 4.26. The summed E-state index contributed by atoms with van der Waals surface area (Å²) in [6.45, 7) is 2.74. The second-order valence-corrected chi connectivity index (χ2v) is 6.31. The Morgan fingerprint density at radius 2 is 1.62 bits per heavy atom. The molecule has 0 bridgehead atoms. The Balaban J connectivity index is 1.75. The minimum atomic E-state index is -0.387. The lowest BCUT2D eigenvalue weighted by Crippen LogP contribution is -2.85. The van der Waals surface area contributed by atoms with Crippen LogP contribution in [-0.4, -0.2) is 5.91 Å². The summed E-state index contributed by atoms with van der Waals surface area (Å²) in [5.41, 5.74) is 3.88. The highest BCUT2D eigenvalue weighted by Crippen LogP contribution is 2.14. The number of amides is 1. The van der Waals surface area contributed by atoms with Gasteiger partial charge in [-0.25, -0.2) is 4.39 Å². The Morgan fingerprint density at radius 3 is 2.27 bits per heavy atom. The first kappa shape index (κ1) is 17.8. The van der Waals surface area contributed by atoms with Gasteiger partial charge in [0.25, 0.3) is 5.91 Å². The fourth-order valence-electron chi connectivity index (χ4n) is 2.79. The maximum absolute atomic E-state index is 13.1. The number of halogens is 1. The number of rotatable bonds is 6. The Hall–Kier alpha value is -2.98. The summed E-state index contributed by atoms with van der Waals surface area (Å²) in [5.74, 6) is -0.455. The number of hydrogen-bond acceptors (Lipinski definition) is 1. The molecule has 3 N–H and O–H groups in total. The number of nitrogens with one attached hydrogen (secondary N) is 1. The van der Waals surface area contributed by atoms with Gasteiger partial charge in [0.1, 0.15) is 12.4 Å². The van der Waals surface area contributed by atoms with Crippen LogP contribution in [0.5, 0.6) is 0 Å². The van der Waals surface area contributed by atoms with Gasteiger partial charge < -0.3 is 10.6 Å². The lowest BCUT2D eigenvalue weighted by atomic mass is 10.1. The standard InChI is InChI=1S/C22H21FN2O/c1-16-7-9-17(10-8-16)15-24-21(18-5-3-2-4-6-18)22(26)25-20-13-11-19(23)12-14-20/h2-14,21,24H,15H2,1H3,(H,25,26)/p+1/t21-/m1/s1. The van der Waals surface area contributed by atoms with Crippen LogP contribution in [0.4, 0.5) is 10.1 Å². The van der Waals surface area contributed by atoms with Gasteiger partial charge in [-0.3, -0.25) is 4.79 Å². The van der Waals surface area contributed by atoms with Crippen LogP contribution in [0.1, 0.15) is 22.7 Å². The summed E-state index contributed by atoms with van der Waals surface area (Å²) in [7, 11) is 0. The molecule has 0 aromatic heterocycles. The molecule has 3 aromatic rings. The van der Waals surface area contributed by atoms with Crippen LogP contribution >= 0.6 is 0 Å². The van der Waals surface area contributed by atoms with E-state index < -0.39 is 0 Å². The number of aryl methyl sites for hydroxylation is 1. The predicted molar refractivity (Wildman–Crippen MR) is 101 cm³/mol. The number of nitrogens with two attached hydrogens (primary N) is 1. The average Bonchev–Trinajstić information content (AvgIpc) is 2.66. The van der Waals surface area contributed by atoms with Gasteiger partial charge in [0, 0.05) is 16.8 Å². The van der Waals surface area contributed by atoms with E-state index in [0.717, 1.165) is 11.1 Å². The average molecular weight is 349 g/mol. The molecule has 0 saturated carbocycles. The van der Waals surface area contributed by atoms with Crippen LogP contribution in [0, 0.1) is 12.7 Å². The predicted octanol–water partition coefficient (Wildman–Crippen LogP) is 3.58. The van der Waals surface area contributed by atoms with Crippen molar-refractivity contribution in [3.8, 4) is 0 Å². The number of carbonyl (C=O) groups is 1. The van der Waals surface area contributed by atoms with Crippen molar-refractivity contribution in [2.45, 2.75) is 19.5 Å². The SMILES string of the molecule is Cc1ccc(C[NH2+][C@@H](C(=O)Nc2ccc(F)cc2)c2ccccc2)cc1. The molecule has 3 rings (SSSR count). The Labute approximate surface area is 152 Å². The molecule has 0 spiro atoms. The number of hydrogen-bond donors (Lipinski definition) is 2. The van der Waals surface area contributed by atoms with Gasteiger partial charge in [-0.1, -0.05) is 60.2 Å². The molecule has 0 aliphatic heterocycles. The number of quaternary nitrogens is 1. The quantitative estimate of drug-likeness (QED) is 0.702. The largest absolute Gasteiger partial charge is 0.328 e. The van der Waals surface area contributed by atoms with Crippen molar-refractivity contribution >= 4 is 11.6 Å². The van der Waals surface area contributed by atoms with Crippen LogP contribution in [0.25, 0.3) is 0 Å². The van der Waals surface area contributed by atoms with Gasteiger partial charge in [-0.05, 0) is 31.2 Å². The Bertz CT molecular complexity index is 846. The number of anilines is 1. The minimum Gasteiger partial charge on any atom is -0.328 e. The van der Waals surface area contributed by atoms with Crippen molar-refractivity contribution in [3.05, 3.63) is 101 Å². The monoisotopic (exact) mass is 349 g/mol. The van der Waals surface area contributed by atoms with Gasteiger partial charge in [-0.2, -0.15) is 0 Å². The zero-order valence-corrected chi connectivity index (χ0v) is 14.7. The molecule has 0 radical (unpaired) electrons. The fourth-order valence-corrected chi connectivity index (χ4v) is 2.79. The second-order valence-electron chi connectivity index (χ2n) is 6.31. The van der Waals surface area contributed by atoms with Crippen LogP contribution in [-0.2, 0) is 11.3 Å². The van der Waals surface area contributed by atoms with Crippen molar-refractivity contribution in [1.82, 2.24) is 0 Å². The Morgan fingerprint density at radius 1 is 0.962 bits per heavy atom. The van der Waals surface area contributed by atoms with Gasteiger partial charge >= 0.3 is 0 Å². The first-order valence-corrected chi connectivity index (χ1v) is 8.62. The van der Waals surface area contributed by atoms with E-state index in [-0.39, 0.29) is 17.8 Å². The molecule has 1 amide bonds. The van der Waals surface area contributed by atoms with E-state index >= 15 is 0 Å². The molecular weight excluding hydrogens is 327 g/mol. The van der Waals surface area contributed by atoms with Crippen molar-refractivity contribution in [2.24, 2.45) is 0 Å². The van der Waals surface area contributed by atoms with Crippen LogP contribution < -0.4 is 10.6 Å². The first-order chi connectivity index (χ1) is 12.6. The van der Waals surface area contributed by atoms with Gasteiger partial charge in [0.2, 0.25) is 0 Å². The second kappa shape index (κ2) is 8.41. The normalized spacial score (nSPS) is 11.8. The lowest BCUT2D eigenvalue weighted by Gasteiger charge is -2.16. The highest BCUT2D eigenvalue weighted by Gasteiger charge is 2.24. The molecule has 0 aliphatic carbocycles. The summed E-state index contributed by atoms with van der Waals surface area (Å²) in [6.07, 6.45) is 0. The summed E-state index contributed by atoms with van der Waals surface area (Å²) in [6, 6.07) is 23.4. The van der Waals surface area contributed by atoms with Crippen LogP contribution in [0.2, 0.25) is 0 Å². The summed E-state index contributed by atoms with van der Waals surface area (Å²) < 4.78 is 13.1. The van der Waals surface area contributed by atoms with Crippen molar-refractivity contribution in [2.75, 3.05) is 5.32 Å². The van der Waals surface area contributed by atoms with Crippen molar-refractivity contribution in [1.29, 1.82) is 0 Å². The molecule has 0 saturated heterocycles. The molecule has 1 atom stereocenters.